The van der Waals surface area contributed by atoms with Crippen molar-refractivity contribution in [2.45, 2.75) is 27.2 Å². The molecule has 7 heteroatoms. The highest BCUT2D eigenvalue weighted by Gasteiger charge is 2.23. The second-order valence-corrected chi connectivity index (χ2v) is 9.13. The number of piperazine rings is 1. The van der Waals surface area contributed by atoms with Gasteiger partial charge >= 0.3 is 0 Å². The van der Waals surface area contributed by atoms with E-state index in [0.29, 0.717) is 49.4 Å². The molecule has 1 saturated heterocycles. The van der Waals surface area contributed by atoms with Gasteiger partial charge in [0.25, 0.3) is 5.91 Å². The van der Waals surface area contributed by atoms with Crippen molar-refractivity contribution in [2.24, 2.45) is 5.92 Å². The summed E-state index contributed by atoms with van der Waals surface area (Å²) in [7, 11) is 0. The summed E-state index contributed by atoms with van der Waals surface area (Å²) in [5.74, 6) is -0.797. The highest BCUT2D eigenvalue weighted by atomic mass is 19.1. The van der Waals surface area contributed by atoms with Crippen LogP contribution in [0.3, 0.4) is 0 Å². The van der Waals surface area contributed by atoms with Gasteiger partial charge in [-0.05, 0) is 73.4 Å². The van der Waals surface area contributed by atoms with Crippen molar-refractivity contribution in [3.05, 3.63) is 89.0 Å². The van der Waals surface area contributed by atoms with E-state index in [9.17, 15) is 14.0 Å². The molecule has 0 bridgehead atoms. The van der Waals surface area contributed by atoms with Crippen LogP contribution in [0, 0.1) is 25.6 Å². The maximum absolute atomic E-state index is 14.3. The van der Waals surface area contributed by atoms with E-state index in [2.05, 4.69) is 15.2 Å². The van der Waals surface area contributed by atoms with Gasteiger partial charge in [-0.15, -0.1) is 0 Å². The summed E-state index contributed by atoms with van der Waals surface area (Å²) >= 11 is 0. The van der Waals surface area contributed by atoms with Crippen molar-refractivity contribution in [2.75, 3.05) is 36.4 Å². The van der Waals surface area contributed by atoms with E-state index in [0.717, 1.165) is 16.8 Å². The molecule has 1 aliphatic heterocycles. The zero-order chi connectivity index (χ0) is 24.9. The molecule has 4 rings (SSSR count). The second-order valence-electron chi connectivity index (χ2n) is 9.13. The lowest BCUT2D eigenvalue weighted by Crippen LogP contribution is -2.48. The average molecular weight is 475 g/mol. The van der Waals surface area contributed by atoms with Crippen LogP contribution in [0.5, 0.6) is 0 Å². The Morgan fingerprint density at radius 3 is 2.54 bits per heavy atom. The predicted molar refractivity (Wildman–Crippen MR) is 136 cm³/mol. The van der Waals surface area contributed by atoms with Crippen LogP contribution in [-0.4, -0.2) is 47.9 Å². The van der Waals surface area contributed by atoms with Crippen molar-refractivity contribution < 1.29 is 14.0 Å². The van der Waals surface area contributed by atoms with E-state index >= 15 is 0 Å². The van der Waals surface area contributed by atoms with Crippen LogP contribution in [0.2, 0.25) is 0 Å². The number of aryl methyl sites for hydroxylation is 1. The van der Waals surface area contributed by atoms with Gasteiger partial charge in [0.2, 0.25) is 5.91 Å². The highest BCUT2D eigenvalue weighted by molar-refractivity contribution is 5.94. The smallest absolute Gasteiger partial charge is 0.255 e. The SMILES string of the molecule is Cc1ccc(F)c(CC(C)C(=O)Nc2cccc(N3CCN(C(=O)c4cccnc4)CC3)c2)c1C. The Morgan fingerprint density at radius 1 is 1.06 bits per heavy atom. The number of hydrogen-bond donors (Lipinski definition) is 1. The van der Waals surface area contributed by atoms with Gasteiger partial charge in [0, 0.05) is 55.9 Å². The number of anilines is 2. The van der Waals surface area contributed by atoms with Crippen molar-refractivity contribution in [1.82, 2.24) is 9.88 Å². The number of nitrogens with zero attached hydrogens (tertiary/aromatic N) is 3. The fourth-order valence-corrected chi connectivity index (χ4v) is 4.38. The van der Waals surface area contributed by atoms with E-state index in [4.69, 9.17) is 0 Å². The van der Waals surface area contributed by atoms with Crippen molar-refractivity contribution in [1.29, 1.82) is 0 Å². The lowest BCUT2D eigenvalue weighted by atomic mass is 9.94. The standard InChI is InChI=1S/C28H31FN4O2/c1-19-9-10-26(29)25(21(19)3)16-20(2)27(34)31-23-7-4-8-24(17-23)32-12-14-33(15-13-32)28(35)22-6-5-11-30-18-22/h4-11,17-18,20H,12-16H2,1-3H3,(H,31,34). The van der Waals surface area contributed by atoms with Crippen molar-refractivity contribution in [3.8, 4) is 0 Å². The van der Waals surface area contributed by atoms with Crippen molar-refractivity contribution >= 4 is 23.2 Å². The van der Waals surface area contributed by atoms with Crippen LogP contribution in [0.4, 0.5) is 15.8 Å². The summed E-state index contributed by atoms with van der Waals surface area (Å²) in [6.07, 6.45) is 3.59. The largest absolute Gasteiger partial charge is 0.368 e. The van der Waals surface area contributed by atoms with E-state index in [-0.39, 0.29) is 23.5 Å². The Morgan fingerprint density at radius 2 is 1.83 bits per heavy atom. The van der Waals surface area contributed by atoms with Crippen LogP contribution in [0.1, 0.15) is 34.0 Å². The Hall–Kier alpha value is -3.74. The Kier molecular flexibility index (Phi) is 7.44. The third-order valence-corrected chi connectivity index (χ3v) is 6.72. The third-order valence-electron chi connectivity index (χ3n) is 6.72. The fourth-order valence-electron chi connectivity index (χ4n) is 4.38. The molecule has 1 fully saturated rings. The number of carbonyl (C=O) groups excluding carboxylic acids is 2. The molecule has 0 aliphatic carbocycles. The summed E-state index contributed by atoms with van der Waals surface area (Å²) in [5.41, 5.74) is 4.80. The molecule has 0 spiro atoms. The molecule has 182 valence electrons. The second kappa shape index (κ2) is 10.7. The molecule has 1 atom stereocenters. The molecule has 0 radical (unpaired) electrons. The summed E-state index contributed by atoms with van der Waals surface area (Å²) in [5, 5.41) is 2.98. The number of aromatic nitrogens is 1. The first-order valence-electron chi connectivity index (χ1n) is 11.9. The summed E-state index contributed by atoms with van der Waals surface area (Å²) in [4.78, 5) is 33.6. The monoisotopic (exact) mass is 474 g/mol. The van der Waals surface area contributed by atoms with Crippen LogP contribution >= 0.6 is 0 Å². The Balaban J connectivity index is 1.36. The first-order valence-corrected chi connectivity index (χ1v) is 11.9. The number of carbonyl (C=O) groups is 2. The molecular formula is C28H31FN4O2. The number of benzene rings is 2. The number of nitrogens with one attached hydrogen (secondary N) is 1. The minimum atomic E-state index is -0.379. The molecule has 1 aliphatic rings. The van der Waals surface area contributed by atoms with Gasteiger partial charge in [0.15, 0.2) is 0 Å². The first-order chi connectivity index (χ1) is 16.8. The number of hydrogen-bond acceptors (Lipinski definition) is 4. The topological polar surface area (TPSA) is 65.5 Å². The van der Waals surface area contributed by atoms with Gasteiger partial charge in [-0.2, -0.15) is 0 Å². The van der Waals surface area contributed by atoms with Gasteiger partial charge in [-0.3, -0.25) is 14.6 Å². The molecule has 2 amide bonds. The van der Waals surface area contributed by atoms with E-state index in [1.807, 2.05) is 49.9 Å². The van der Waals surface area contributed by atoms with Crippen LogP contribution in [-0.2, 0) is 11.2 Å². The molecular weight excluding hydrogens is 443 g/mol. The molecule has 2 aromatic carbocycles. The molecule has 1 unspecified atom stereocenters. The van der Waals surface area contributed by atoms with Crippen LogP contribution < -0.4 is 10.2 Å². The quantitative estimate of drug-likeness (QED) is 0.566. The number of pyridine rings is 1. The fraction of sp³-hybridized carbons (Fsp3) is 0.321. The van der Waals surface area contributed by atoms with Gasteiger partial charge < -0.3 is 15.1 Å². The number of rotatable bonds is 6. The lowest BCUT2D eigenvalue weighted by Gasteiger charge is -2.36. The average Bonchev–Trinajstić information content (AvgIpc) is 2.89. The zero-order valence-electron chi connectivity index (χ0n) is 20.4. The molecule has 3 aromatic rings. The van der Waals surface area contributed by atoms with Gasteiger partial charge in [-0.25, -0.2) is 4.39 Å². The summed E-state index contributed by atoms with van der Waals surface area (Å²) < 4.78 is 14.3. The van der Waals surface area contributed by atoms with Crippen LogP contribution in [0.25, 0.3) is 0 Å². The molecule has 2 heterocycles. The summed E-state index contributed by atoms with van der Waals surface area (Å²) in [6, 6.07) is 14.5. The van der Waals surface area contributed by atoms with E-state index in [1.54, 1.807) is 30.6 Å². The maximum atomic E-state index is 14.3. The Labute approximate surface area is 205 Å². The lowest BCUT2D eigenvalue weighted by molar-refractivity contribution is -0.119. The molecule has 1 aromatic heterocycles. The maximum Gasteiger partial charge on any atom is 0.255 e. The van der Waals surface area contributed by atoms with E-state index in [1.165, 1.54) is 6.07 Å². The van der Waals surface area contributed by atoms with Gasteiger partial charge in [0.1, 0.15) is 5.82 Å². The van der Waals surface area contributed by atoms with Crippen molar-refractivity contribution in [3.63, 3.8) is 0 Å². The molecule has 0 saturated carbocycles. The summed E-state index contributed by atoms with van der Waals surface area (Å²) in [6.45, 7) is 8.29. The molecule has 1 N–H and O–H groups in total. The molecule has 6 nitrogen and oxygen atoms in total. The number of amides is 2. The molecule has 35 heavy (non-hydrogen) atoms. The Bertz CT molecular complexity index is 1210. The number of halogens is 1. The highest BCUT2D eigenvalue weighted by Crippen LogP contribution is 2.24. The minimum Gasteiger partial charge on any atom is -0.368 e. The van der Waals surface area contributed by atoms with Crippen LogP contribution in [0.15, 0.2) is 60.9 Å². The normalized spacial score (nSPS) is 14.5. The third kappa shape index (κ3) is 5.67. The van der Waals surface area contributed by atoms with Gasteiger partial charge in [0.05, 0.1) is 5.56 Å². The van der Waals surface area contributed by atoms with Gasteiger partial charge in [-0.1, -0.05) is 19.1 Å². The first kappa shape index (κ1) is 24.4. The predicted octanol–water partition coefficient (Wildman–Crippen LogP) is 4.62. The minimum absolute atomic E-state index is 0.00645. The zero-order valence-corrected chi connectivity index (χ0v) is 20.4. The van der Waals surface area contributed by atoms with E-state index < -0.39 is 0 Å².